The first-order chi connectivity index (χ1) is 10.0. The van der Waals surface area contributed by atoms with Gasteiger partial charge in [0.1, 0.15) is 0 Å². The second-order valence-electron chi connectivity index (χ2n) is 4.25. The Bertz CT molecular complexity index is 709. The zero-order chi connectivity index (χ0) is 15.4. The molecule has 0 saturated carbocycles. The summed E-state index contributed by atoms with van der Waals surface area (Å²) in [6.45, 7) is 0. The van der Waals surface area contributed by atoms with Gasteiger partial charge in [-0.3, -0.25) is 4.79 Å². The molecule has 5 heteroatoms. The molecule has 0 atom stereocenters. The van der Waals surface area contributed by atoms with Gasteiger partial charge in [0.25, 0.3) is 0 Å². The summed E-state index contributed by atoms with van der Waals surface area (Å²) in [6.07, 6.45) is 3.02. The molecular weight excluding hydrogens is 311 g/mol. The lowest BCUT2D eigenvalue weighted by atomic mass is 10.1. The largest absolute Gasteiger partial charge is 0.504 e. The van der Waals surface area contributed by atoms with E-state index in [9.17, 15) is 9.90 Å². The topological polar surface area (TPSA) is 46.5 Å². The van der Waals surface area contributed by atoms with Crippen molar-refractivity contribution in [2.75, 3.05) is 7.11 Å². The van der Waals surface area contributed by atoms with Crippen LogP contribution < -0.4 is 4.74 Å². The van der Waals surface area contributed by atoms with Crippen LogP contribution in [0.25, 0.3) is 6.08 Å². The summed E-state index contributed by atoms with van der Waals surface area (Å²) in [5.74, 6) is 0.0110. The molecule has 0 amide bonds. The van der Waals surface area contributed by atoms with Crippen LogP contribution in [0.4, 0.5) is 0 Å². The number of allylic oxidation sites excluding steroid dienone is 1. The lowest BCUT2D eigenvalue weighted by Gasteiger charge is -2.04. The monoisotopic (exact) mass is 322 g/mol. The number of ketones is 1. The van der Waals surface area contributed by atoms with E-state index < -0.39 is 0 Å². The van der Waals surface area contributed by atoms with Crippen LogP contribution in [-0.4, -0.2) is 18.0 Å². The molecule has 1 N–H and O–H groups in total. The fourth-order valence-corrected chi connectivity index (χ4v) is 2.20. The van der Waals surface area contributed by atoms with Crippen molar-refractivity contribution >= 4 is 35.1 Å². The molecule has 3 nitrogen and oxygen atoms in total. The highest BCUT2D eigenvalue weighted by molar-refractivity contribution is 6.35. The van der Waals surface area contributed by atoms with Crippen molar-refractivity contribution in [2.45, 2.75) is 0 Å². The van der Waals surface area contributed by atoms with Gasteiger partial charge in [-0.15, -0.1) is 0 Å². The number of rotatable bonds is 4. The maximum absolute atomic E-state index is 12.1. The molecule has 0 aromatic heterocycles. The highest BCUT2D eigenvalue weighted by Gasteiger charge is 2.07. The molecule has 0 saturated heterocycles. The van der Waals surface area contributed by atoms with E-state index in [1.165, 1.54) is 31.4 Å². The van der Waals surface area contributed by atoms with E-state index >= 15 is 0 Å². The molecule has 0 radical (unpaired) electrons. The molecule has 0 unspecified atom stereocenters. The van der Waals surface area contributed by atoms with Crippen LogP contribution in [0.5, 0.6) is 11.5 Å². The zero-order valence-corrected chi connectivity index (χ0v) is 12.7. The van der Waals surface area contributed by atoms with Crippen LogP contribution in [-0.2, 0) is 0 Å². The van der Waals surface area contributed by atoms with Crippen molar-refractivity contribution in [3.8, 4) is 11.5 Å². The summed E-state index contributed by atoms with van der Waals surface area (Å²) in [5.41, 5.74) is 1.10. The fraction of sp³-hybridized carbons (Fsp3) is 0.0625. The van der Waals surface area contributed by atoms with Gasteiger partial charge in [0.15, 0.2) is 17.3 Å². The van der Waals surface area contributed by atoms with Crippen molar-refractivity contribution in [1.29, 1.82) is 0 Å². The van der Waals surface area contributed by atoms with Gasteiger partial charge in [-0.2, -0.15) is 0 Å². The Hall–Kier alpha value is -1.97. The molecule has 0 aliphatic rings. The number of carbonyl (C=O) groups is 1. The average Bonchev–Trinajstić information content (AvgIpc) is 2.46. The number of benzene rings is 2. The summed E-state index contributed by atoms with van der Waals surface area (Å²) >= 11 is 11.8. The number of methoxy groups -OCH3 is 1. The lowest BCUT2D eigenvalue weighted by molar-refractivity contribution is 0.104. The van der Waals surface area contributed by atoms with Gasteiger partial charge < -0.3 is 9.84 Å². The first-order valence-corrected chi connectivity index (χ1v) is 6.81. The first kappa shape index (κ1) is 15.4. The SMILES string of the molecule is COc1cc(C(=O)C=Cc2ccc(Cl)cc2Cl)ccc1O. The molecule has 0 spiro atoms. The third-order valence-electron chi connectivity index (χ3n) is 2.84. The van der Waals surface area contributed by atoms with Gasteiger partial charge >= 0.3 is 0 Å². The van der Waals surface area contributed by atoms with Crippen LogP contribution in [0.3, 0.4) is 0 Å². The number of halogens is 2. The highest BCUT2D eigenvalue weighted by atomic mass is 35.5. The van der Waals surface area contributed by atoms with Crippen molar-refractivity contribution in [1.82, 2.24) is 0 Å². The molecule has 2 aromatic carbocycles. The second-order valence-corrected chi connectivity index (χ2v) is 5.09. The van der Waals surface area contributed by atoms with E-state index in [1.807, 2.05) is 0 Å². The van der Waals surface area contributed by atoms with Gasteiger partial charge in [0.05, 0.1) is 7.11 Å². The number of aromatic hydroxyl groups is 1. The van der Waals surface area contributed by atoms with Gasteiger partial charge in [-0.05, 0) is 48.0 Å². The molecule has 0 aliphatic carbocycles. The number of carbonyl (C=O) groups excluding carboxylic acids is 1. The van der Waals surface area contributed by atoms with Crippen LogP contribution in [0.2, 0.25) is 10.0 Å². The quantitative estimate of drug-likeness (QED) is 0.660. The summed E-state index contributed by atoms with van der Waals surface area (Å²) in [4.78, 5) is 12.1. The Morgan fingerprint density at radius 1 is 1.19 bits per heavy atom. The van der Waals surface area contributed by atoms with E-state index in [-0.39, 0.29) is 17.3 Å². The van der Waals surface area contributed by atoms with Crippen molar-refractivity contribution < 1.29 is 14.6 Å². The second kappa shape index (κ2) is 6.66. The molecule has 0 bridgehead atoms. The number of ether oxygens (including phenoxy) is 1. The maximum atomic E-state index is 12.1. The third kappa shape index (κ3) is 3.78. The Balaban J connectivity index is 2.23. The van der Waals surface area contributed by atoms with Crippen LogP contribution in [0, 0.1) is 0 Å². The predicted molar refractivity (Wildman–Crippen MR) is 84.5 cm³/mol. The standard InChI is InChI=1S/C16H12Cl2O3/c1-21-16-8-11(4-7-15(16)20)14(19)6-3-10-2-5-12(17)9-13(10)18/h2-9,20H,1H3. The Morgan fingerprint density at radius 3 is 2.62 bits per heavy atom. The molecule has 21 heavy (non-hydrogen) atoms. The summed E-state index contributed by atoms with van der Waals surface area (Å²) in [6, 6.07) is 9.44. The van der Waals surface area contributed by atoms with Crippen molar-refractivity contribution in [3.63, 3.8) is 0 Å². The third-order valence-corrected chi connectivity index (χ3v) is 3.40. The van der Waals surface area contributed by atoms with Crippen molar-refractivity contribution in [2.24, 2.45) is 0 Å². The van der Waals surface area contributed by atoms with E-state index in [4.69, 9.17) is 27.9 Å². The van der Waals surface area contributed by atoms with Gasteiger partial charge in [0, 0.05) is 15.6 Å². The number of hydrogen-bond acceptors (Lipinski definition) is 3. The van der Waals surface area contributed by atoms with E-state index in [1.54, 1.807) is 24.3 Å². The van der Waals surface area contributed by atoms with E-state index in [0.29, 0.717) is 21.2 Å². The highest BCUT2D eigenvalue weighted by Crippen LogP contribution is 2.27. The fourth-order valence-electron chi connectivity index (χ4n) is 1.73. The summed E-state index contributed by atoms with van der Waals surface area (Å²) in [7, 11) is 1.42. The Morgan fingerprint density at radius 2 is 1.95 bits per heavy atom. The predicted octanol–water partition coefficient (Wildman–Crippen LogP) is 4.60. The van der Waals surface area contributed by atoms with Gasteiger partial charge in [-0.1, -0.05) is 29.3 Å². The molecule has 2 rings (SSSR count). The molecule has 2 aromatic rings. The van der Waals surface area contributed by atoms with Gasteiger partial charge in [-0.25, -0.2) is 0 Å². The van der Waals surface area contributed by atoms with Crippen LogP contribution in [0.1, 0.15) is 15.9 Å². The number of phenols is 1. The Kier molecular flexibility index (Phi) is 4.89. The van der Waals surface area contributed by atoms with Crippen LogP contribution >= 0.6 is 23.2 Å². The summed E-state index contributed by atoms with van der Waals surface area (Å²) < 4.78 is 4.97. The maximum Gasteiger partial charge on any atom is 0.185 e. The number of hydrogen-bond donors (Lipinski definition) is 1. The molecular formula is C16H12Cl2O3. The average molecular weight is 323 g/mol. The van der Waals surface area contributed by atoms with E-state index in [0.717, 1.165) is 0 Å². The molecule has 0 fully saturated rings. The summed E-state index contributed by atoms with van der Waals surface area (Å²) in [5, 5.41) is 10.5. The molecule has 0 heterocycles. The minimum Gasteiger partial charge on any atom is -0.504 e. The normalized spacial score (nSPS) is 10.8. The van der Waals surface area contributed by atoms with E-state index in [2.05, 4.69) is 0 Å². The number of phenolic OH excluding ortho intramolecular Hbond substituents is 1. The van der Waals surface area contributed by atoms with Crippen LogP contribution in [0.15, 0.2) is 42.5 Å². The molecule has 0 aliphatic heterocycles. The van der Waals surface area contributed by atoms with Gasteiger partial charge in [0.2, 0.25) is 0 Å². The smallest absolute Gasteiger partial charge is 0.185 e. The van der Waals surface area contributed by atoms with Crippen molar-refractivity contribution in [3.05, 3.63) is 63.6 Å². The molecule has 108 valence electrons. The first-order valence-electron chi connectivity index (χ1n) is 6.05. The Labute approximate surface area is 132 Å². The minimum absolute atomic E-state index is 0.0150. The minimum atomic E-state index is -0.223. The zero-order valence-electron chi connectivity index (χ0n) is 11.1. The lowest BCUT2D eigenvalue weighted by Crippen LogP contribution is -1.95.